The van der Waals surface area contributed by atoms with Crippen LogP contribution in [0.2, 0.25) is 0 Å². The van der Waals surface area contributed by atoms with Gasteiger partial charge in [-0.1, -0.05) is 30.3 Å². The Hall–Kier alpha value is -2.29. The van der Waals surface area contributed by atoms with Crippen molar-refractivity contribution in [2.45, 2.75) is 19.8 Å². The smallest absolute Gasteiger partial charge is 0.251 e. The molecule has 2 aromatic rings. The fourth-order valence-electron chi connectivity index (χ4n) is 2.31. The lowest BCUT2D eigenvalue weighted by Gasteiger charge is -2.09. The van der Waals surface area contributed by atoms with Crippen LogP contribution in [-0.4, -0.2) is 19.5 Å². The van der Waals surface area contributed by atoms with Gasteiger partial charge in [0.25, 0.3) is 5.91 Å². The Morgan fingerprint density at radius 3 is 2.52 bits per heavy atom. The van der Waals surface area contributed by atoms with Crippen molar-refractivity contribution in [1.29, 1.82) is 0 Å². The molecule has 2 aromatic carbocycles. The average molecular weight is 282 g/mol. The average Bonchev–Trinajstić information content (AvgIpc) is 2.52. The van der Waals surface area contributed by atoms with E-state index in [0.29, 0.717) is 6.54 Å². The number of hydrogen-bond acceptors (Lipinski definition) is 2. The first-order valence-electron chi connectivity index (χ1n) is 7.31. The van der Waals surface area contributed by atoms with E-state index in [9.17, 15) is 4.79 Å². The second kappa shape index (κ2) is 7.48. The number of carbonyl (C=O) groups excluding carboxylic acids is 1. The fraction of sp³-hybridized carbons (Fsp3) is 0.278. The van der Waals surface area contributed by atoms with Crippen molar-refractivity contribution in [3.05, 3.63) is 65.2 Å². The molecule has 0 radical (unpaired) electrons. The highest BCUT2D eigenvalue weighted by Crippen LogP contribution is 2.14. The number of carbonyl (C=O) groups is 1. The molecule has 0 aromatic heterocycles. The summed E-state index contributed by atoms with van der Waals surface area (Å²) < 4.78 is 0. The minimum atomic E-state index is 0.00298. The molecule has 0 bridgehead atoms. The van der Waals surface area contributed by atoms with Crippen molar-refractivity contribution in [2.75, 3.05) is 18.9 Å². The molecule has 0 fully saturated rings. The van der Waals surface area contributed by atoms with E-state index in [1.54, 1.807) is 0 Å². The molecule has 1 amide bonds. The molecule has 0 saturated heterocycles. The molecule has 0 spiro atoms. The lowest BCUT2D eigenvalue weighted by Crippen LogP contribution is -2.25. The quantitative estimate of drug-likeness (QED) is 0.797. The van der Waals surface area contributed by atoms with Crippen molar-refractivity contribution in [3.63, 3.8) is 0 Å². The molecule has 0 unspecified atom stereocenters. The maximum atomic E-state index is 12.1. The van der Waals surface area contributed by atoms with Crippen molar-refractivity contribution >= 4 is 11.6 Å². The van der Waals surface area contributed by atoms with Crippen LogP contribution in [-0.2, 0) is 6.42 Å². The van der Waals surface area contributed by atoms with Gasteiger partial charge in [-0.2, -0.15) is 0 Å². The summed E-state index contributed by atoms with van der Waals surface area (Å²) in [5.41, 5.74) is 4.06. The highest BCUT2D eigenvalue weighted by atomic mass is 16.1. The molecule has 0 aliphatic rings. The summed E-state index contributed by atoms with van der Waals surface area (Å²) in [6.07, 6.45) is 1.93. The van der Waals surface area contributed by atoms with Crippen LogP contribution in [0.3, 0.4) is 0 Å². The van der Waals surface area contributed by atoms with E-state index in [4.69, 9.17) is 0 Å². The number of nitrogens with one attached hydrogen (secondary N) is 2. The molecule has 110 valence electrons. The molecule has 0 heterocycles. The minimum Gasteiger partial charge on any atom is -0.388 e. The van der Waals surface area contributed by atoms with E-state index >= 15 is 0 Å². The SMILES string of the molecule is CNc1ccc(C(=O)NCCCc2ccccc2)c(C)c1. The highest BCUT2D eigenvalue weighted by Gasteiger charge is 2.08. The molecule has 0 saturated carbocycles. The molecule has 2 N–H and O–H groups in total. The maximum absolute atomic E-state index is 12.1. The van der Waals surface area contributed by atoms with Gasteiger partial charge in [0.05, 0.1) is 0 Å². The zero-order valence-electron chi connectivity index (χ0n) is 12.6. The maximum Gasteiger partial charge on any atom is 0.251 e. The molecule has 3 nitrogen and oxygen atoms in total. The van der Waals surface area contributed by atoms with E-state index in [0.717, 1.165) is 29.7 Å². The van der Waals surface area contributed by atoms with Gasteiger partial charge in [-0.25, -0.2) is 0 Å². The monoisotopic (exact) mass is 282 g/mol. The van der Waals surface area contributed by atoms with E-state index in [1.807, 2.05) is 50.4 Å². The summed E-state index contributed by atoms with van der Waals surface area (Å²) >= 11 is 0. The summed E-state index contributed by atoms with van der Waals surface area (Å²) in [5, 5.41) is 6.06. The number of amides is 1. The molecule has 0 aliphatic carbocycles. The van der Waals surface area contributed by atoms with Crippen molar-refractivity contribution < 1.29 is 4.79 Å². The molecular formula is C18H22N2O. The minimum absolute atomic E-state index is 0.00298. The summed E-state index contributed by atoms with van der Waals surface area (Å²) in [6, 6.07) is 16.1. The summed E-state index contributed by atoms with van der Waals surface area (Å²) in [6.45, 7) is 2.65. The largest absolute Gasteiger partial charge is 0.388 e. The van der Waals surface area contributed by atoms with Crippen molar-refractivity contribution in [2.24, 2.45) is 0 Å². The standard InChI is InChI=1S/C18H22N2O/c1-14-13-16(19-2)10-11-17(14)18(21)20-12-6-9-15-7-4-3-5-8-15/h3-5,7-8,10-11,13,19H,6,9,12H2,1-2H3,(H,20,21). The van der Waals surface area contributed by atoms with Gasteiger partial charge in [0, 0.05) is 24.8 Å². The number of anilines is 1. The molecular weight excluding hydrogens is 260 g/mol. The van der Waals surface area contributed by atoms with E-state index < -0.39 is 0 Å². The van der Waals surface area contributed by atoms with Crippen LogP contribution in [0.1, 0.15) is 27.9 Å². The van der Waals surface area contributed by atoms with Gasteiger partial charge in [0.2, 0.25) is 0 Å². The van der Waals surface area contributed by atoms with Crippen molar-refractivity contribution in [3.8, 4) is 0 Å². The van der Waals surface area contributed by atoms with E-state index in [1.165, 1.54) is 5.56 Å². The van der Waals surface area contributed by atoms with Crippen LogP contribution in [0.4, 0.5) is 5.69 Å². The zero-order chi connectivity index (χ0) is 15.1. The number of aryl methyl sites for hydroxylation is 2. The number of rotatable bonds is 6. The Balaban J connectivity index is 1.82. The van der Waals surface area contributed by atoms with Crippen LogP contribution < -0.4 is 10.6 Å². The highest BCUT2D eigenvalue weighted by molar-refractivity contribution is 5.96. The first-order chi connectivity index (χ1) is 10.2. The number of hydrogen-bond donors (Lipinski definition) is 2. The summed E-state index contributed by atoms with van der Waals surface area (Å²) in [4.78, 5) is 12.1. The predicted octanol–water partition coefficient (Wildman–Crippen LogP) is 3.40. The van der Waals surface area contributed by atoms with Crippen LogP contribution in [0.5, 0.6) is 0 Å². The Morgan fingerprint density at radius 1 is 1.10 bits per heavy atom. The predicted molar refractivity (Wildman–Crippen MR) is 87.8 cm³/mol. The van der Waals surface area contributed by atoms with Gasteiger partial charge in [0.15, 0.2) is 0 Å². The topological polar surface area (TPSA) is 41.1 Å². The molecule has 2 rings (SSSR count). The van der Waals surface area contributed by atoms with E-state index in [2.05, 4.69) is 22.8 Å². The Morgan fingerprint density at radius 2 is 1.86 bits per heavy atom. The third-order valence-electron chi connectivity index (χ3n) is 3.53. The van der Waals surface area contributed by atoms with Gasteiger partial charge in [-0.05, 0) is 49.1 Å². The lowest BCUT2D eigenvalue weighted by atomic mass is 10.1. The second-order valence-electron chi connectivity index (χ2n) is 5.12. The summed E-state index contributed by atoms with van der Waals surface area (Å²) in [5.74, 6) is 0.00298. The Bertz CT molecular complexity index is 593. The fourth-order valence-corrected chi connectivity index (χ4v) is 2.31. The van der Waals surface area contributed by atoms with Crippen molar-refractivity contribution in [1.82, 2.24) is 5.32 Å². The lowest BCUT2D eigenvalue weighted by molar-refractivity contribution is 0.0952. The van der Waals surface area contributed by atoms with Crippen LogP contribution in [0.15, 0.2) is 48.5 Å². The summed E-state index contributed by atoms with van der Waals surface area (Å²) in [7, 11) is 1.87. The molecule has 3 heteroatoms. The van der Waals surface area contributed by atoms with Gasteiger partial charge >= 0.3 is 0 Å². The third-order valence-corrected chi connectivity index (χ3v) is 3.53. The zero-order valence-corrected chi connectivity index (χ0v) is 12.6. The van der Waals surface area contributed by atoms with Gasteiger partial charge < -0.3 is 10.6 Å². The van der Waals surface area contributed by atoms with Crippen LogP contribution in [0, 0.1) is 6.92 Å². The van der Waals surface area contributed by atoms with Crippen LogP contribution in [0.25, 0.3) is 0 Å². The Labute approximate surface area is 126 Å². The molecule has 0 atom stereocenters. The van der Waals surface area contributed by atoms with Gasteiger partial charge in [-0.3, -0.25) is 4.79 Å². The van der Waals surface area contributed by atoms with Crippen LogP contribution >= 0.6 is 0 Å². The molecule has 21 heavy (non-hydrogen) atoms. The first kappa shape index (κ1) is 15.1. The molecule has 0 aliphatic heterocycles. The first-order valence-corrected chi connectivity index (χ1v) is 7.31. The third kappa shape index (κ3) is 4.35. The number of benzene rings is 2. The van der Waals surface area contributed by atoms with Gasteiger partial charge in [0.1, 0.15) is 0 Å². The van der Waals surface area contributed by atoms with E-state index in [-0.39, 0.29) is 5.91 Å². The Kier molecular flexibility index (Phi) is 5.38. The normalized spacial score (nSPS) is 10.2. The van der Waals surface area contributed by atoms with Gasteiger partial charge in [-0.15, -0.1) is 0 Å². The second-order valence-corrected chi connectivity index (χ2v) is 5.12.